The van der Waals surface area contributed by atoms with Crippen molar-refractivity contribution in [3.63, 3.8) is 0 Å². The fourth-order valence-electron chi connectivity index (χ4n) is 1.87. The molecule has 0 heterocycles. The predicted molar refractivity (Wildman–Crippen MR) is 80.2 cm³/mol. The highest BCUT2D eigenvalue weighted by atomic mass is 16.6. The molecule has 0 saturated carbocycles. The molecule has 0 spiro atoms. The van der Waals surface area contributed by atoms with E-state index in [9.17, 15) is 24.6 Å². The Morgan fingerprint density at radius 1 is 1.35 bits per heavy atom. The first kappa shape index (κ1) is 18.4. The van der Waals surface area contributed by atoms with Gasteiger partial charge in [-0.3, -0.25) is 0 Å². The number of hydrogen-bond donors (Lipinski definition) is 2. The molecule has 0 amide bonds. The minimum absolute atomic E-state index is 0.0665. The third kappa shape index (κ3) is 5.23. The first-order valence-corrected chi connectivity index (χ1v) is 6.84. The third-order valence-electron chi connectivity index (χ3n) is 3.03. The van der Waals surface area contributed by atoms with Crippen molar-refractivity contribution in [1.82, 2.24) is 0 Å². The van der Waals surface area contributed by atoms with E-state index in [1.54, 1.807) is 13.0 Å². The van der Waals surface area contributed by atoms with E-state index < -0.39 is 30.6 Å². The summed E-state index contributed by atoms with van der Waals surface area (Å²) >= 11 is 0. The number of carboxylic acids is 1. The predicted octanol–water partition coefficient (Wildman–Crippen LogP) is 1.33. The Morgan fingerprint density at radius 3 is 2.61 bits per heavy atom. The maximum absolute atomic E-state index is 12.1. The van der Waals surface area contributed by atoms with Gasteiger partial charge in [0.05, 0.1) is 24.3 Å². The summed E-state index contributed by atoms with van der Waals surface area (Å²) in [5.41, 5.74) is 0.179. The zero-order valence-corrected chi connectivity index (χ0v) is 12.7. The average molecular weight is 322 g/mol. The molecule has 1 atom stereocenters. The average Bonchev–Trinajstić information content (AvgIpc) is 2.52. The van der Waals surface area contributed by atoms with Gasteiger partial charge < -0.3 is 19.7 Å². The summed E-state index contributed by atoms with van der Waals surface area (Å²) in [5.74, 6) is -2.73. The fraction of sp³-hybridized carbons (Fsp3) is 0.312. The van der Waals surface area contributed by atoms with Crippen LogP contribution in [-0.2, 0) is 14.3 Å². The van der Waals surface area contributed by atoms with Gasteiger partial charge in [-0.25, -0.2) is 14.4 Å². The minimum Gasteiger partial charge on any atom is -0.478 e. The van der Waals surface area contributed by atoms with Crippen LogP contribution >= 0.6 is 0 Å². The van der Waals surface area contributed by atoms with Gasteiger partial charge in [0.25, 0.3) is 0 Å². The zero-order chi connectivity index (χ0) is 17.4. The summed E-state index contributed by atoms with van der Waals surface area (Å²) in [6.07, 6.45) is 0.157. The Kier molecular flexibility index (Phi) is 6.95. The van der Waals surface area contributed by atoms with Crippen molar-refractivity contribution in [2.75, 3.05) is 13.2 Å². The van der Waals surface area contributed by atoms with Gasteiger partial charge >= 0.3 is 17.9 Å². The van der Waals surface area contributed by atoms with Crippen LogP contribution in [0.2, 0.25) is 0 Å². The summed E-state index contributed by atoms with van der Waals surface area (Å²) in [4.78, 5) is 34.3. The summed E-state index contributed by atoms with van der Waals surface area (Å²) in [5, 5.41) is 18.4. The van der Waals surface area contributed by atoms with Crippen molar-refractivity contribution in [2.45, 2.75) is 19.4 Å². The van der Waals surface area contributed by atoms with Crippen molar-refractivity contribution in [1.29, 1.82) is 0 Å². The lowest BCUT2D eigenvalue weighted by Crippen LogP contribution is -2.25. The highest BCUT2D eigenvalue weighted by Crippen LogP contribution is 2.16. The van der Waals surface area contributed by atoms with Gasteiger partial charge in [-0.15, -0.1) is 0 Å². The number of carbonyl (C=O) groups excluding carboxylic acids is 2. The number of aliphatic hydroxyl groups is 1. The maximum atomic E-state index is 12.1. The van der Waals surface area contributed by atoms with Crippen LogP contribution in [-0.4, -0.2) is 47.4 Å². The van der Waals surface area contributed by atoms with Gasteiger partial charge in [0, 0.05) is 12.5 Å². The molecule has 1 unspecified atom stereocenters. The van der Waals surface area contributed by atoms with Crippen LogP contribution in [0, 0.1) is 6.92 Å². The summed E-state index contributed by atoms with van der Waals surface area (Å²) in [6.45, 7) is 4.26. The van der Waals surface area contributed by atoms with Crippen molar-refractivity contribution in [3.05, 3.63) is 47.5 Å². The van der Waals surface area contributed by atoms with Crippen molar-refractivity contribution in [2.24, 2.45) is 0 Å². The number of rotatable bonds is 8. The van der Waals surface area contributed by atoms with E-state index >= 15 is 0 Å². The molecule has 23 heavy (non-hydrogen) atoms. The van der Waals surface area contributed by atoms with E-state index in [-0.39, 0.29) is 24.2 Å². The molecule has 1 rings (SSSR count). The molecule has 0 aromatic heterocycles. The number of carbonyl (C=O) groups is 3. The lowest BCUT2D eigenvalue weighted by atomic mass is 10.0. The number of esters is 2. The Bertz CT molecular complexity index is 606. The van der Waals surface area contributed by atoms with Gasteiger partial charge in [0.2, 0.25) is 0 Å². The van der Waals surface area contributed by atoms with Gasteiger partial charge in [-0.2, -0.15) is 0 Å². The molecule has 0 aliphatic heterocycles. The van der Waals surface area contributed by atoms with E-state index in [2.05, 4.69) is 6.58 Å². The monoisotopic (exact) mass is 322 g/mol. The lowest BCUT2D eigenvalue weighted by molar-refractivity contribution is -0.138. The molecule has 1 aromatic rings. The topological polar surface area (TPSA) is 110 Å². The highest BCUT2D eigenvalue weighted by Gasteiger charge is 2.22. The van der Waals surface area contributed by atoms with E-state index in [1.165, 1.54) is 12.1 Å². The van der Waals surface area contributed by atoms with E-state index in [0.717, 1.165) is 6.08 Å². The van der Waals surface area contributed by atoms with Gasteiger partial charge in [-0.1, -0.05) is 18.7 Å². The number of ether oxygens (including phenoxy) is 2. The molecule has 0 aliphatic carbocycles. The number of benzene rings is 1. The highest BCUT2D eigenvalue weighted by molar-refractivity contribution is 6.03. The maximum Gasteiger partial charge on any atom is 0.339 e. The van der Waals surface area contributed by atoms with Crippen LogP contribution < -0.4 is 0 Å². The molecule has 7 nitrogen and oxygen atoms in total. The van der Waals surface area contributed by atoms with Crippen molar-refractivity contribution >= 4 is 17.9 Å². The first-order chi connectivity index (χ1) is 10.9. The number of aromatic carboxylic acids is 1. The first-order valence-electron chi connectivity index (χ1n) is 6.84. The van der Waals surface area contributed by atoms with Crippen molar-refractivity contribution in [3.8, 4) is 0 Å². The van der Waals surface area contributed by atoms with Gasteiger partial charge in [-0.05, 0) is 18.6 Å². The van der Waals surface area contributed by atoms with Gasteiger partial charge in [0.15, 0.2) is 0 Å². The minimum atomic E-state index is -1.24. The lowest BCUT2D eigenvalue weighted by Gasteiger charge is -2.16. The molecule has 0 saturated heterocycles. The quantitative estimate of drug-likeness (QED) is 0.548. The van der Waals surface area contributed by atoms with E-state index in [4.69, 9.17) is 9.47 Å². The summed E-state index contributed by atoms with van der Waals surface area (Å²) < 4.78 is 9.82. The molecular formula is C16H18O7. The molecule has 0 bridgehead atoms. The fourth-order valence-corrected chi connectivity index (χ4v) is 1.87. The SMILES string of the molecule is C=CC(=O)OCCC(CO)OC(=O)c1cccc(C)c1C(=O)O. The molecule has 2 N–H and O–H groups in total. The van der Waals surface area contributed by atoms with Crippen LogP contribution in [0.5, 0.6) is 0 Å². The molecule has 124 valence electrons. The van der Waals surface area contributed by atoms with E-state index in [0.29, 0.717) is 5.56 Å². The normalized spacial score (nSPS) is 11.4. The second-order valence-electron chi connectivity index (χ2n) is 4.67. The largest absolute Gasteiger partial charge is 0.478 e. The van der Waals surface area contributed by atoms with Gasteiger partial charge in [0.1, 0.15) is 6.10 Å². The number of hydrogen-bond acceptors (Lipinski definition) is 6. The molecule has 0 aliphatic rings. The number of carboxylic acid groups (broad SMARTS) is 1. The Labute approximate surface area is 133 Å². The molecule has 1 aromatic carbocycles. The Balaban J connectivity index is 2.77. The summed E-state index contributed by atoms with van der Waals surface area (Å²) in [7, 11) is 0. The Morgan fingerprint density at radius 2 is 2.04 bits per heavy atom. The van der Waals surface area contributed by atoms with E-state index in [1.807, 2.05) is 0 Å². The molecule has 0 radical (unpaired) electrons. The van der Waals surface area contributed by atoms with Crippen LogP contribution in [0.25, 0.3) is 0 Å². The zero-order valence-electron chi connectivity index (χ0n) is 12.7. The summed E-state index contributed by atoms with van der Waals surface area (Å²) in [6, 6.07) is 4.45. The number of aryl methyl sites for hydroxylation is 1. The standard InChI is InChI=1S/C16H18O7/c1-3-13(18)22-8-7-11(9-17)23-16(21)12-6-4-5-10(2)14(12)15(19)20/h3-6,11,17H,1,7-9H2,2H3,(H,19,20). The number of aliphatic hydroxyl groups excluding tert-OH is 1. The Hall–Kier alpha value is -2.67. The van der Waals surface area contributed by atoms with Crippen LogP contribution in [0.1, 0.15) is 32.7 Å². The van der Waals surface area contributed by atoms with Crippen LogP contribution in [0.15, 0.2) is 30.9 Å². The van der Waals surface area contributed by atoms with Crippen LogP contribution in [0.3, 0.4) is 0 Å². The second kappa shape index (κ2) is 8.70. The molecule has 0 fully saturated rings. The van der Waals surface area contributed by atoms with Crippen LogP contribution in [0.4, 0.5) is 0 Å². The van der Waals surface area contributed by atoms with Crippen molar-refractivity contribution < 1.29 is 34.1 Å². The smallest absolute Gasteiger partial charge is 0.339 e. The molecular weight excluding hydrogens is 304 g/mol. The third-order valence-corrected chi connectivity index (χ3v) is 3.03. The molecule has 7 heteroatoms. The second-order valence-corrected chi connectivity index (χ2v) is 4.67.